The number of carboxylic acid groups (broad SMARTS) is 1. The van der Waals surface area contributed by atoms with E-state index in [1.165, 1.54) is 19.2 Å². The number of alkyl halides is 3. The molecule has 2 rings (SSSR count). The second-order valence-corrected chi connectivity index (χ2v) is 6.71. The quantitative estimate of drug-likeness (QED) is 0.702. The van der Waals surface area contributed by atoms with Crippen molar-refractivity contribution in [3.63, 3.8) is 0 Å². The topological polar surface area (TPSA) is 76.4 Å². The molecule has 28 heavy (non-hydrogen) atoms. The molecule has 0 aliphatic rings. The number of carboxylic acids is 1. The third-order valence-electron chi connectivity index (χ3n) is 4.40. The average Bonchev–Trinajstić information content (AvgIpc) is 3.00. The summed E-state index contributed by atoms with van der Waals surface area (Å²) < 4.78 is 45.4. The van der Waals surface area contributed by atoms with Gasteiger partial charge < -0.3 is 15.2 Å². The fourth-order valence-corrected chi connectivity index (χ4v) is 3.00. The van der Waals surface area contributed by atoms with Gasteiger partial charge in [0.15, 0.2) is 5.69 Å². The van der Waals surface area contributed by atoms with Crippen LogP contribution >= 0.6 is 0 Å². The van der Waals surface area contributed by atoms with E-state index in [2.05, 4.69) is 10.4 Å². The van der Waals surface area contributed by atoms with Gasteiger partial charge in [-0.1, -0.05) is 13.8 Å². The zero-order valence-electron chi connectivity index (χ0n) is 16.4. The van der Waals surface area contributed by atoms with E-state index in [4.69, 9.17) is 4.74 Å². The molecule has 0 aliphatic carbocycles. The number of aromatic carboxylic acids is 1. The van der Waals surface area contributed by atoms with Crippen LogP contribution in [0.1, 0.15) is 49.7 Å². The van der Waals surface area contributed by atoms with Gasteiger partial charge in [-0.2, -0.15) is 18.3 Å². The summed E-state index contributed by atoms with van der Waals surface area (Å²) in [6.45, 7) is 7.01. The summed E-state index contributed by atoms with van der Waals surface area (Å²) in [4.78, 5) is 11.6. The van der Waals surface area contributed by atoms with Crippen molar-refractivity contribution in [1.29, 1.82) is 0 Å². The maximum Gasteiger partial charge on any atom is 0.408 e. The highest BCUT2D eigenvalue weighted by Gasteiger charge is 2.36. The Morgan fingerprint density at radius 2 is 1.96 bits per heavy atom. The summed E-state index contributed by atoms with van der Waals surface area (Å²) in [6, 6.07) is 2.87. The molecule has 0 bridgehead atoms. The maximum atomic E-state index is 12.8. The molecule has 1 atom stereocenters. The Bertz CT molecular complexity index is 860. The first-order valence-electron chi connectivity index (χ1n) is 8.86. The largest absolute Gasteiger partial charge is 0.496 e. The molecule has 9 heteroatoms. The number of halogens is 3. The van der Waals surface area contributed by atoms with Gasteiger partial charge in [0.2, 0.25) is 0 Å². The number of aryl methyl sites for hydroxylation is 1. The van der Waals surface area contributed by atoms with Crippen molar-refractivity contribution >= 4 is 11.7 Å². The molecular weight excluding hydrogens is 375 g/mol. The van der Waals surface area contributed by atoms with Crippen LogP contribution in [0.25, 0.3) is 11.3 Å². The van der Waals surface area contributed by atoms with Crippen LogP contribution in [0.2, 0.25) is 0 Å². The molecule has 0 amide bonds. The SMILES string of the molecule is CCn1nc(C(=O)O)c(C(C)C)c1-c1ccc(NC(C)C(F)(F)F)cc1OC. The van der Waals surface area contributed by atoms with Crippen LogP contribution in [0.15, 0.2) is 18.2 Å². The number of hydrogen-bond donors (Lipinski definition) is 2. The van der Waals surface area contributed by atoms with Gasteiger partial charge in [-0.15, -0.1) is 0 Å². The molecule has 1 heterocycles. The van der Waals surface area contributed by atoms with Gasteiger partial charge in [-0.05, 0) is 31.9 Å². The Morgan fingerprint density at radius 1 is 1.32 bits per heavy atom. The highest BCUT2D eigenvalue weighted by Crippen LogP contribution is 2.39. The van der Waals surface area contributed by atoms with Crippen LogP contribution in [0, 0.1) is 0 Å². The number of carbonyl (C=O) groups is 1. The molecule has 6 nitrogen and oxygen atoms in total. The molecule has 1 aromatic carbocycles. The van der Waals surface area contributed by atoms with E-state index in [1.54, 1.807) is 10.7 Å². The number of rotatable bonds is 7. The molecular formula is C19H24F3N3O3. The molecule has 2 N–H and O–H groups in total. The lowest BCUT2D eigenvalue weighted by atomic mass is 9.95. The minimum absolute atomic E-state index is 0.0400. The predicted molar refractivity (Wildman–Crippen MR) is 100 cm³/mol. The third kappa shape index (κ3) is 4.23. The van der Waals surface area contributed by atoms with Crippen molar-refractivity contribution < 1.29 is 27.8 Å². The summed E-state index contributed by atoms with van der Waals surface area (Å²) in [5, 5.41) is 16.1. The Kier molecular flexibility index (Phi) is 6.26. The molecule has 0 saturated heterocycles. The van der Waals surface area contributed by atoms with E-state index in [1.807, 2.05) is 20.8 Å². The number of ether oxygens (including phenoxy) is 1. The molecule has 1 unspecified atom stereocenters. The van der Waals surface area contributed by atoms with Crippen molar-refractivity contribution in [1.82, 2.24) is 9.78 Å². The Hall–Kier alpha value is -2.71. The maximum absolute atomic E-state index is 12.8. The van der Waals surface area contributed by atoms with Gasteiger partial charge in [0, 0.05) is 29.4 Å². The minimum Gasteiger partial charge on any atom is -0.496 e. The van der Waals surface area contributed by atoms with Gasteiger partial charge in [0.25, 0.3) is 0 Å². The number of aromatic nitrogens is 2. The van der Waals surface area contributed by atoms with Crippen LogP contribution in [0.5, 0.6) is 5.75 Å². The first-order chi connectivity index (χ1) is 13.0. The van der Waals surface area contributed by atoms with Crippen LogP contribution in [0.3, 0.4) is 0 Å². The molecule has 0 saturated carbocycles. The molecule has 0 spiro atoms. The Morgan fingerprint density at radius 3 is 2.43 bits per heavy atom. The Labute approximate surface area is 161 Å². The first kappa shape index (κ1) is 21.6. The molecule has 0 aliphatic heterocycles. The van der Waals surface area contributed by atoms with E-state index in [9.17, 15) is 23.1 Å². The monoisotopic (exact) mass is 399 g/mol. The lowest BCUT2D eigenvalue weighted by molar-refractivity contribution is -0.138. The third-order valence-corrected chi connectivity index (χ3v) is 4.40. The zero-order valence-corrected chi connectivity index (χ0v) is 16.4. The van der Waals surface area contributed by atoms with Crippen molar-refractivity contribution in [3.8, 4) is 17.0 Å². The first-order valence-corrected chi connectivity index (χ1v) is 8.86. The van der Waals surface area contributed by atoms with Crippen LogP contribution in [0.4, 0.5) is 18.9 Å². The Balaban J connectivity index is 2.61. The minimum atomic E-state index is -4.38. The number of anilines is 1. The van der Waals surface area contributed by atoms with Crippen molar-refractivity contribution in [2.45, 2.75) is 52.4 Å². The van der Waals surface area contributed by atoms with Crippen molar-refractivity contribution in [3.05, 3.63) is 29.5 Å². The van der Waals surface area contributed by atoms with Crippen molar-refractivity contribution in [2.75, 3.05) is 12.4 Å². The second-order valence-electron chi connectivity index (χ2n) is 6.71. The van der Waals surface area contributed by atoms with Crippen molar-refractivity contribution in [2.24, 2.45) is 0 Å². The normalized spacial score (nSPS) is 12.9. The number of benzene rings is 1. The summed E-state index contributed by atoms with van der Waals surface area (Å²) in [5.41, 5.74) is 1.91. The van der Waals surface area contributed by atoms with E-state index < -0.39 is 18.2 Å². The molecule has 2 aromatic rings. The van der Waals surface area contributed by atoms with Crippen LogP contribution < -0.4 is 10.1 Å². The average molecular weight is 399 g/mol. The van der Waals surface area contributed by atoms with E-state index in [0.29, 0.717) is 29.1 Å². The van der Waals surface area contributed by atoms with E-state index in [0.717, 1.165) is 6.92 Å². The highest BCUT2D eigenvalue weighted by atomic mass is 19.4. The fourth-order valence-electron chi connectivity index (χ4n) is 3.00. The van der Waals surface area contributed by atoms with Gasteiger partial charge in [-0.25, -0.2) is 4.79 Å². The lowest BCUT2D eigenvalue weighted by Gasteiger charge is -2.20. The van der Waals surface area contributed by atoms with Gasteiger partial charge in [0.1, 0.15) is 11.8 Å². The number of nitrogens with one attached hydrogen (secondary N) is 1. The number of methoxy groups -OCH3 is 1. The van der Waals surface area contributed by atoms with Gasteiger partial charge >= 0.3 is 12.1 Å². The van der Waals surface area contributed by atoms with Crippen LogP contribution in [-0.4, -0.2) is 40.2 Å². The number of nitrogens with zero attached hydrogens (tertiary/aromatic N) is 2. The molecule has 154 valence electrons. The summed E-state index contributed by atoms with van der Waals surface area (Å²) in [6.07, 6.45) is -4.38. The lowest BCUT2D eigenvalue weighted by Crippen LogP contribution is -2.33. The summed E-state index contributed by atoms with van der Waals surface area (Å²) in [7, 11) is 1.41. The van der Waals surface area contributed by atoms with Gasteiger partial charge in [-0.3, -0.25) is 4.68 Å². The van der Waals surface area contributed by atoms with Crippen LogP contribution in [-0.2, 0) is 6.54 Å². The summed E-state index contributed by atoms with van der Waals surface area (Å²) >= 11 is 0. The molecule has 0 fully saturated rings. The summed E-state index contributed by atoms with van der Waals surface area (Å²) in [5.74, 6) is -0.935. The van der Waals surface area contributed by atoms with E-state index >= 15 is 0 Å². The van der Waals surface area contributed by atoms with Gasteiger partial charge in [0.05, 0.1) is 12.8 Å². The fraction of sp³-hybridized carbons (Fsp3) is 0.474. The predicted octanol–water partition coefficient (Wildman–Crippen LogP) is 4.76. The standard InChI is InChI=1S/C19H24F3N3O3/c1-6-25-17(15(10(2)3)16(24-25)18(26)27)13-8-7-12(9-14(13)28-5)23-11(4)19(20,21)22/h7-11,23H,6H2,1-5H3,(H,26,27). The van der Waals surface area contributed by atoms with E-state index in [-0.39, 0.29) is 17.3 Å². The molecule has 0 radical (unpaired) electrons. The zero-order chi connectivity index (χ0) is 21.2. The number of hydrogen-bond acceptors (Lipinski definition) is 4. The second kappa shape index (κ2) is 8.12. The smallest absolute Gasteiger partial charge is 0.408 e. The highest BCUT2D eigenvalue weighted by molar-refractivity contribution is 5.91. The molecule has 1 aromatic heterocycles.